The molecule has 8 nitrogen and oxygen atoms in total. The molecule has 2 fully saturated rings. The summed E-state index contributed by atoms with van der Waals surface area (Å²) in [5.74, 6) is 0.693. The maximum absolute atomic E-state index is 12.1. The molecule has 3 aliphatic rings. The molecule has 0 aromatic carbocycles. The van der Waals surface area contributed by atoms with Gasteiger partial charge in [-0.2, -0.15) is 5.10 Å². The van der Waals surface area contributed by atoms with E-state index in [2.05, 4.69) is 15.5 Å². The fourth-order valence-corrected chi connectivity index (χ4v) is 3.63. The molecule has 4 heterocycles. The second kappa shape index (κ2) is 8.96. The molecule has 1 unspecified atom stereocenters. The van der Waals surface area contributed by atoms with Gasteiger partial charge in [0.25, 0.3) is 0 Å². The summed E-state index contributed by atoms with van der Waals surface area (Å²) in [4.78, 5) is 13.7. The maximum Gasteiger partial charge on any atom is 0.492 e. The van der Waals surface area contributed by atoms with E-state index in [0.717, 1.165) is 18.6 Å². The summed E-state index contributed by atoms with van der Waals surface area (Å²) in [7, 11) is -0.387. The average Bonchev–Trinajstić information content (AvgIpc) is 3.42. The number of rotatable bonds is 2. The van der Waals surface area contributed by atoms with Gasteiger partial charge in [0.15, 0.2) is 0 Å². The lowest BCUT2D eigenvalue weighted by Gasteiger charge is -2.32. The van der Waals surface area contributed by atoms with Gasteiger partial charge in [0, 0.05) is 31.7 Å². The van der Waals surface area contributed by atoms with E-state index in [1.165, 1.54) is 12.0 Å². The molecule has 0 bridgehead atoms. The van der Waals surface area contributed by atoms with Crippen molar-refractivity contribution in [2.24, 2.45) is 0 Å². The van der Waals surface area contributed by atoms with Crippen molar-refractivity contribution in [2.45, 2.75) is 77.6 Å². The predicted molar refractivity (Wildman–Crippen MR) is 121 cm³/mol. The van der Waals surface area contributed by atoms with Crippen LogP contribution in [0, 0.1) is 0 Å². The van der Waals surface area contributed by atoms with Crippen LogP contribution in [-0.2, 0) is 14.0 Å². The molecule has 1 atom stereocenters. The monoisotopic (exact) mass is 432 g/mol. The Morgan fingerprint density at radius 2 is 1.94 bits per heavy atom. The molecule has 172 valence electrons. The van der Waals surface area contributed by atoms with Crippen LogP contribution >= 0.6 is 0 Å². The highest BCUT2D eigenvalue weighted by Crippen LogP contribution is 2.39. The van der Waals surface area contributed by atoms with Crippen molar-refractivity contribution >= 4 is 13.2 Å². The average molecular weight is 432 g/mol. The number of nitrogens with one attached hydrogen (secondary N) is 2. The quantitative estimate of drug-likeness (QED) is 0.698. The van der Waals surface area contributed by atoms with Crippen LogP contribution in [0.5, 0.6) is 0 Å². The van der Waals surface area contributed by atoms with Crippen molar-refractivity contribution in [1.82, 2.24) is 20.4 Å². The van der Waals surface area contributed by atoms with E-state index in [-0.39, 0.29) is 24.4 Å². The van der Waals surface area contributed by atoms with Gasteiger partial charge in [0.2, 0.25) is 0 Å². The minimum atomic E-state index is -0.482. The molecule has 0 aliphatic carbocycles. The van der Waals surface area contributed by atoms with E-state index < -0.39 is 5.60 Å². The number of H-pyrrole nitrogens is 1. The molecule has 1 amide bonds. The summed E-state index contributed by atoms with van der Waals surface area (Å²) in [5.41, 5.74) is 1.12. The zero-order valence-electron chi connectivity index (χ0n) is 19.9. The first-order valence-electron chi connectivity index (χ1n) is 11.1. The SMILES string of the molecule is CC(C)(C)OC(=O)N1CC=C(B2OC(C)(C)C(C)(C)O2)C1.c1n[nH]cc1C1CCNC1. The number of aromatic nitrogens is 2. The minimum Gasteiger partial charge on any atom is -0.444 e. The summed E-state index contributed by atoms with van der Waals surface area (Å²) in [6.45, 7) is 17.0. The van der Waals surface area contributed by atoms with E-state index in [1.54, 1.807) is 4.90 Å². The third kappa shape index (κ3) is 5.90. The van der Waals surface area contributed by atoms with Gasteiger partial charge >= 0.3 is 13.2 Å². The highest BCUT2D eigenvalue weighted by Gasteiger charge is 2.53. The van der Waals surface area contributed by atoms with Crippen molar-refractivity contribution in [1.29, 1.82) is 0 Å². The Balaban J connectivity index is 0.000000225. The van der Waals surface area contributed by atoms with E-state index in [9.17, 15) is 4.79 Å². The summed E-state index contributed by atoms with van der Waals surface area (Å²) >= 11 is 0. The van der Waals surface area contributed by atoms with Crippen molar-refractivity contribution in [3.8, 4) is 0 Å². The predicted octanol–water partition coefficient (Wildman–Crippen LogP) is 3.28. The molecular formula is C22H37BN4O4. The fraction of sp³-hybridized carbons (Fsp3) is 0.727. The van der Waals surface area contributed by atoms with Crippen LogP contribution in [0.15, 0.2) is 23.9 Å². The van der Waals surface area contributed by atoms with E-state index in [4.69, 9.17) is 14.0 Å². The van der Waals surface area contributed by atoms with E-state index >= 15 is 0 Å². The third-order valence-corrected chi connectivity index (χ3v) is 6.21. The van der Waals surface area contributed by atoms with Crippen molar-refractivity contribution in [3.63, 3.8) is 0 Å². The zero-order valence-corrected chi connectivity index (χ0v) is 19.9. The number of carbonyl (C=O) groups excluding carboxylic acids is 1. The summed E-state index contributed by atoms with van der Waals surface area (Å²) in [5, 5.41) is 10.1. The zero-order chi connectivity index (χ0) is 22.9. The van der Waals surface area contributed by atoms with Crippen LogP contribution in [0.25, 0.3) is 0 Å². The van der Waals surface area contributed by atoms with Crippen LogP contribution in [0.1, 0.15) is 66.4 Å². The van der Waals surface area contributed by atoms with Crippen molar-refractivity contribution in [2.75, 3.05) is 26.2 Å². The van der Waals surface area contributed by atoms with Crippen LogP contribution in [0.4, 0.5) is 4.79 Å². The fourth-order valence-electron chi connectivity index (χ4n) is 3.63. The summed E-state index contributed by atoms with van der Waals surface area (Å²) in [6, 6.07) is 0. The molecule has 2 N–H and O–H groups in total. The normalized spacial score (nSPS) is 24.6. The van der Waals surface area contributed by atoms with Crippen LogP contribution in [0.3, 0.4) is 0 Å². The van der Waals surface area contributed by atoms with Crippen molar-refractivity contribution < 1.29 is 18.8 Å². The van der Waals surface area contributed by atoms with Crippen molar-refractivity contribution in [3.05, 3.63) is 29.5 Å². The molecule has 31 heavy (non-hydrogen) atoms. The molecule has 3 aliphatic heterocycles. The van der Waals surface area contributed by atoms with E-state index in [1.807, 2.05) is 66.9 Å². The molecule has 4 rings (SSSR count). The first-order valence-corrected chi connectivity index (χ1v) is 11.1. The second-order valence-electron chi connectivity index (χ2n) is 10.4. The highest BCUT2D eigenvalue weighted by molar-refractivity contribution is 6.55. The van der Waals surface area contributed by atoms with Gasteiger partial charge in [0.05, 0.1) is 17.4 Å². The van der Waals surface area contributed by atoms with Gasteiger partial charge in [-0.15, -0.1) is 0 Å². The molecule has 0 spiro atoms. The maximum atomic E-state index is 12.1. The summed E-state index contributed by atoms with van der Waals surface area (Å²) in [6.07, 6.45) is 6.84. The molecule has 0 radical (unpaired) electrons. The Kier molecular flexibility index (Phi) is 6.88. The Labute approximate surface area is 186 Å². The highest BCUT2D eigenvalue weighted by atomic mass is 16.7. The topological polar surface area (TPSA) is 88.7 Å². The molecule has 1 aromatic heterocycles. The molecule has 0 saturated carbocycles. The second-order valence-corrected chi connectivity index (χ2v) is 10.4. The number of aromatic amines is 1. The number of carbonyl (C=O) groups is 1. The van der Waals surface area contributed by atoms with Gasteiger partial charge in [-0.25, -0.2) is 4.79 Å². The van der Waals surface area contributed by atoms with Gasteiger partial charge in [0.1, 0.15) is 5.60 Å². The number of hydrogen-bond donors (Lipinski definition) is 2. The smallest absolute Gasteiger partial charge is 0.444 e. The van der Waals surface area contributed by atoms with Gasteiger partial charge < -0.3 is 24.3 Å². The minimum absolute atomic E-state index is 0.301. The first-order chi connectivity index (χ1) is 14.4. The Hall–Kier alpha value is -1.84. The largest absolute Gasteiger partial charge is 0.492 e. The van der Waals surface area contributed by atoms with Crippen LogP contribution < -0.4 is 5.32 Å². The van der Waals surface area contributed by atoms with Gasteiger partial charge in [-0.1, -0.05) is 6.08 Å². The standard InChI is InChI=1S/C15H26BNO4.C7H11N3/c1-13(2,3)19-12(18)17-9-8-11(10-17)16-20-14(4,5)15(6,7)21-16;1-2-8-3-6(1)7-4-9-10-5-7/h8H,9-10H2,1-7H3;4-6,8H,1-3H2,(H,9,10). The lowest BCUT2D eigenvalue weighted by atomic mass is 9.79. The van der Waals surface area contributed by atoms with Crippen LogP contribution in [0.2, 0.25) is 0 Å². The number of amides is 1. The van der Waals surface area contributed by atoms with E-state index in [0.29, 0.717) is 19.0 Å². The first kappa shape index (κ1) is 23.8. The summed E-state index contributed by atoms with van der Waals surface area (Å²) < 4.78 is 17.4. The Morgan fingerprint density at radius 3 is 2.45 bits per heavy atom. The molecular weight excluding hydrogens is 395 g/mol. The number of ether oxygens (including phenoxy) is 1. The molecule has 2 saturated heterocycles. The Bertz CT molecular complexity index is 764. The number of hydrogen-bond acceptors (Lipinski definition) is 6. The third-order valence-electron chi connectivity index (χ3n) is 6.21. The van der Waals surface area contributed by atoms with Crippen LogP contribution in [-0.4, -0.2) is 71.3 Å². The number of nitrogens with zero attached hydrogens (tertiary/aromatic N) is 2. The lowest BCUT2D eigenvalue weighted by molar-refractivity contribution is 0.00578. The lowest BCUT2D eigenvalue weighted by Crippen LogP contribution is -2.41. The van der Waals surface area contributed by atoms with Gasteiger partial charge in [-0.3, -0.25) is 5.10 Å². The van der Waals surface area contributed by atoms with Gasteiger partial charge in [-0.05, 0) is 72.5 Å². The Morgan fingerprint density at radius 1 is 1.26 bits per heavy atom. The molecule has 9 heteroatoms. The molecule has 1 aromatic rings.